The quantitative estimate of drug-likeness (QED) is 0.218. The van der Waals surface area contributed by atoms with Crippen LogP contribution in [-0.2, 0) is 20.8 Å². The third-order valence-corrected chi connectivity index (χ3v) is 5.58. The lowest BCUT2D eigenvalue weighted by molar-refractivity contribution is -0.147. The van der Waals surface area contributed by atoms with Gasteiger partial charge in [0, 0.05) is 22.5 Å². The van der Waals surface area contributed by atoms with Crippen LogP contribution in [0.25, 0.3) is 11.1 Å². The van der Waals surface area contributed by atoms with Gasteiger partial charge in [-0.15, -0.1) is 0 Å². The van der Waals surface area contributed by atoms with Crippen molar-refractivity contribution in [1.82, 2.24) is 10.7 Å². The van der Waals surface area contributed by atoms with Crippen molar-refractivity contribution in [3.05, 3.63) is 88.4 Å². The number of carbonyl (C=O) groups is 3. The minimum absolute atomic E-state index is 0.198. The van der Waals surface area contributed by atoms with E-state index in [-0.39, 0.29) is 12.8 Å². The third kappa shape index (κ3) is 7.99. The van der Waals surface area contributed by atoms with E-state index in [1.165, 1.54) is 0 Å². The lowest BCUT2D eigenvalue weighted by Gasteiger charge is -2.20. The normalized spacial score (nSPS) is 12.3. The van der Waals surface area contributed by atoms with Crippen LogP contribution in [0.1, 0.15) is 12.0 Å². The van der Waals surface area contributed by atoms with Gasteiger partial charge >= 0.3 is 17.8 Å². The van der Waals surface area contributed by atoms with Gasteiger partial charge in [0.1, 0.15) is 0 Å². The molecular formula is C25H23Cl2N3O5. The Balaban J connectivity index is 1.65. The van der Waals surface area contributed by atoms with E-state index in [0.717, 1.165) is 16.7 Å². The zero-order valence-electron chi connectivity index (χ0n) is 18.4. The van der Waals surface area contributed by atoms with Crippen molar-refractivity contribution in [2.45, 2.75) is 25.0 Å². The summed E-state index contributed by atoms with van der Waals surface area (Å²) in [6, 6.07) is 20.4. The number of carbonyl (C=O) groups excluding carboxylic acids is 2. The van der Waals surface area contributed by atoms with Crippen molar-refractivity contribution < 1.29 is 24.6 Å². The molecule has 10 heteroatoms. The van der Waals surface area contributed by atoms with E-state index >= 15 is 0 Å². The van der Waals surface area contributed by atoms with Crippen LogP contribution in [0.3, 0.4) is 0 Å². The number of amides is 2. The van der Waals surface area contributed by atoms with Gasteiger partial charge in [-0.05, 0) is 59.5 Å². The van der Waals surface area contributed by atoms with E-state index in [1.807, 2.05) is 42.5 Å². The van der Waals surface area contributed by atoms with E-state index < -0.39 is 29.9 Å². The van der Waals surface area contributed by atoms with Crippen molar-refractivity contribution in [3.63, 3.8) is 0 Å². The standard InChI is InChI=1S/C25H23Cl2N3O5/c26-18-8-10-20(11-9-18)29-30-24(33)23(32)28-21(14-22(31)25(34)35)12-15-4-6-16(7-5-15)17-2-1-3-19(27)13-17/h1-11,13,21-22,29,31H,12,14H2,(H,28,32)(H,30,33)(H,34,35)/t21-,22-/m1/s1. The number of rotatable bonds is 9. The average Bonchev–Trinajstić information content (AvgIpc) is 2.83. The second-order valence-electron chi connectivity index (χ2n) is 7.76. The Morgan fingerprint density at radius 3 is 2.14 bits per heavy atom. The predicted octanol–water partition coefficient (Wildman–Crippen LogP) is 3.67. The van der Waals surface area contributed by atoms with E-state index in [4.69, 9.17) is 28.3 Å². The average molecular weight is 516 g/mol. The number of nitrogens with one attached hydrogen (secondary N) is 3. The summed E-state index contributed by atoms with van der Waals surface area (Å²) < 4.78 is 0. The summed E-state index contributed by atoms with van der Waals surface area (Å²) in [5, 5.41) is 22.5. The molecule has 3 rings (SSSR count). The molecule has 0 heterocycles. The van der Waals surface area contributed by atoms with Gasteiger partial charge in [0.05, 0.1) is 5.69 Å². The SMILES string of the molecule is O=C(NNc1ccc(Cl)cc1)C(=O)N[C@H](Cc1ccc(-c2cccc(Cl)c2)cc1)C[C@@H](O)C(=O)O. The molecule has 0 spiro atoms. The number of carboxylic acids is 1. The Morgan fingerprint density at radius 2 is 1.51 bits per heavy atom. The maximum atomic E-state index is 12.4. The summed E-state index contributed by atoms with van der Waals surface area (Å²) in [6.45, 7) is 0. The number of carboxylic acid groups (broad SMARTS) is 1. The Labute approximate surface area is 211 Å². The molecule has 0 aliphatic carbocycles. The van der Waals surface area contributed by atoms with Gasteiger partial charge in [-0.1, -0.05) is 59.6 Å². The van der Waals surface area contributed by atoms with Crippen LogP contribution in [0.2, 0.25) is 10.0 Å². The van der Waals surface area contributed by atoms with Crippen molar-refractivity contribution in [2.24, 2.45) is 0 Å². The Hall–Kier alpha value is -3.59. The molecule has 35 heavy (non-hydrogen) atoms. The number of benzene rings is 3. The number of aliphatic carboxylic acids is 1. The van der Waals surface area contributed by atoms with Crippen LogP contribution < -0.4 is 16.2 Å². The Kier molecular flexibility index (Phi) is 9.08. The number of hydrogen-bond donors (Lipinski definition) is 5. The molecule has 3 aromatic rings. The topological polar surface area (TPSA) is 128 Å². The predicted molar refractivity (Wildman–Crippen MR) is 134 cm³/mol. The Bertz CT molecular complexity index is 1190. The molecule has 8 nitrogen and oxygen atoms in total. The minimum atomic E-state index is -1.71. The van der Waals surface area contributed by atoms with Crippen molar-refractivity contribution in [1.29, 1.82) is 0 Å². The highest BCUT2D eigenvalue weighted by atomic mass is 35.5. The van der Waals surface area contributed by atoms with Crippen LogP contribution >= 0.6 is 23.2 Å². The molecule has 5 N–H and O–H groups in total. The first-order chi connectivity index (χ1) is 16.7. The molecule has 2 atom stereocenters. The first-order valence-electron chi connectivity index (χ1n) is 10.6. The summed E-state index contributed by atoms with van der Waals surface area (Å²) in [5.74, 6) is -3.38. The summed E-state index contributed by atoms with van der Waals surface area (Å²) in [7, 11) is 0. The number of halogens is 2. The summed E-state index contributed by atoms with van der Waals surface area (Å²) >= 11 is 11.9. The van der Waals surface area contributed by atoms with Crippen LogP contribution in [0.15, 0.2) is 72.8 Å². The molecule has 0 radical (unpaired) electrons. The molecule has 182 valence electrons. The van der Waals surface area contributed by atoms with E-state index in [1.54, 1.807) is 30.3 Å². The van der Waals surface area contributed by atoms with Crippen LogP contribution in [-0.4, -0.2) is 40.1 Å². The highest BCUT2D eigenvalue weighted by Crippen LogP contribution is 2.23. The molecule has 0 saturated carbocycles. The number of hydrazine groups is 1. The second kappa shape index (κ2) is 12.2. The fraction of sp³-hybridized carbons (Fsp3) is 0.160. The van der Waals surface area contributed by atoms with Crippen LogP contribution in [0.5, 0.6) is 0 Å². The van der Waals surface area contributed by atoms with Gasteiger partial charge in [0.25, 0.3) is 0 Å². The monoisotopic (exact) mass is 515 g/mol. The van der Waals surface area contributed by atoms with Gasteiger partial charge < -0.3 is 15.5 Å². The summed E-state index contributed by atoms with van der Waals surface area (Å²) in [5.41, 5.74) is 7.99. The van der Waals surface area contributed by atoms with Crippen molar-refractivity contribution >= 4 is 46.7 Å². The molecule has 0 fully saturated rings. The van der Waals surface area contributed by atoms with Gasteiger partial charge in [0.15, 0.2) is 6.10 Å². The molecule has 0 bridgehead atoms. The molecule has 0 saturated heterocycles. The number of anilines is 1. The third-order valence-electron chi connectivity index (χ3n) is 5.09. The zero-order chi connectivity index (χ0) is 25.4. The van der Waals surface area contributed by atoms with Gasteiger partial charge in [-0.3, -0.25) is 20.4 Å². The molecule has 3 aromatic carbocycles. The van der Waals surface area contributed by atoms with Crippen molar-refractivity contribution in [3.8, 4) is 11.1 Å². The van der Waals surface area contributed by atoms with Crippen molar-refractivity contribution in [2.75, 3.05) is 5.43 Å². The Morgan fingerprint density at radius 1 is 0.829 bits per heavy atom. The number of aliphatic hydroxyl groups excluding tert-OH is 1. The summed E-state index contributed by atoms with van der Waals surface area (Å²) in [4.78, 5) is 35.8. The van der Waals surface area contributed by atoms with Crippen LogP contribution in [0.4, 0.5) is 5.69 Å². The van der Waals surface area contributed by atoms with E-state index in [0.29, 0.717) is 15.7 Å². The second-order valence-corrected chi connectivity index (χ2v) is 8.63. The minimum Gasteiger partial charge on any atom is -0.479 e. The largest absolute Gasteiger partial charge is 0.479 e. The fourth-order valence-corrected chi connectivity index (χ4v) is 3.64. The molecule has 0 aliphatic heterocycles. The highest BCUT2D eigenvalue weighted by Gasteiger charge is 2.24. The van der Waals surface area contributed by atoms with E-state index in [2.05, 4.69) is 16.2 Å². The molecule has 2 amide bonds. The number of hydrogen-bond acceptors (Lipinski definition) is 5. The fourth-order valence-electron chi connectivity index (χ4n) is 3.32. The smallest absolute Gasteiger partial charge is 0.332 e. The van der Waals surface area contributed by atoms with Gasteiger partial charge in [-0.2, -0.15) is 0 Å². The van der Waals surface area contributed by atoms with E-state index in [9.17, 15) is 19.5 Å². The first-order valence-corrected chi connectivity index (χ1v) is 11.3. The highest BCUT2D eigenvalue weighted by molar-refractivity contribution is 6.35. The lowest BCUT2D eigenvalue weighted by atomic mass is 9.98. The maximum Gasteiger partial charge on any atom is 0.332 e. The molecule has 0 unspecified atom stereocenters. The first kappa shape index (κ1) is 26.0. The molecular weight excluding hydrogens is 493 g/mol. The zero-order valence-corrected chi connectivity index (χ0v) is 19.9. The van der Waals surface area contributed by atoms with Gasteiger partial charge in [-0.25, -0.2) is 4.79 Å². The number of aliphatic hydroxyl groups is 1. The molecule has 0 aromatic heterocycles. The van der Waals surface area contributed by atoms with Crippen LogP contribution in [0, 0.1) is 0 Å². The van der Waals surface area contributed by atoms with Gasteiger partial charge in [0.2, 0.25) is 0 Å². The molecule has 0 aliphatic rings. The summed E-state index contributed by atoms with van der Waals surface area (Å²) in [6.07, 6.45) is -1.79. The lowest BCUT2D eigenvalue weighted by Crippen LogP contribution is -2.48. The maximum absolute atomic E-state index is 12.4.